The van der Waals surface area contributed by atoms with E-state index in [-0.39, 0.29) is 5.75 Å². The first-order valence-electron chi connectivity index (χ1n) is 4.86. The summed E-state index contributed by atoms with van der Waals surface area (Å²) < 4.78 is 25.8. The number of anilines is 1. The Bertz CT molecular complexity index is 440. The minimum absolute atomic E-state index is 0.0220. The Morgan fingerprint density at radius 2 is 2.06 bits per heavy atom. The Morgan fingerprint density at radius 1 is 1.38 bits per heavy atom. The molecule has 1 aromatic rings. The zero-order valence-electron chi connectivity index (χ0n) is 9.25. The van der Waals surface area contributed by atoms with E-state index in [1.54, 1.807) is 19.2 Å². The lowest BCUT2D eigenvalue weighted by Crippen LogP contribution is -2.24. The summed E-state index contributed by atoms with van der Waals surface area (Å²) in [6, 6.07) is 5.25. The lowest BCUT2D eigenvalue weighted by molar-refractivity contribution is 0.598. The molecular weight excluding hydrogens is 248 g/mol. The molecule has 0 spiro atoms. The smallest absolute Gasteiger partial charge is 0.234 e. The third kappa shape index (κ3) is 3.66. The van der Waals surface area contributed by atoms with Gasteiger partial charge in [-0.05, 0) is 25.6 Å². The van der Waals surface area contributed by atoms with Crippen molar-refractivity contribution in [3.63, 3.8) is 0 Å². The van der Waals surface area contributed by atoms with Gasteiger partial charge < -0.3 is 5.32 Å². The summed E-state index contributed by atoms with van der Waals surface area (Å²) in [6.07, 6.45) is 0. The first-order chi connectivity index (χ1) is 7.46. The van der Waals surface area contributed by atoms with E-state index in [9.17, 15) is 8.42 Å². The van der Waals surface area contributed by atoms with Gasteiger partial charge in [-0.1, -0.05) is 23.7 Å². The maximum Gasteiger partial charge on any atom is 0.234 e. The van der Waals surface area contributed by atoms with Crippen LogP contribution in [0.15, 0.2) is 18.2 Å². The fourth-order valence-electron chi connectivity index (χ4n) is 1.20. The van der Waals surface area contributed by atoms with Gasteiger partial charge in [0.15, 0.2) is 0 Å². The van der Waals surface area contributed by atoms with Crippen LogP contribution >= 0.6 is 11.6 Å². The normalized spacial score (nSPS) is 11.4. The van der Waals surface area contributed by atoms with Gasteiger partial charge in [-0.3, -0.25) is 4.72 Å². The van der Waals surface area contributed by atoms with E-state index >= 15 is 0 Å². The van der Waals surface area contributed by atoms with Crippen molar-refractivity contribution in [1.29, 1.82) is 0 Å². The van der Waals surface area contributed by atoms with Gasteiger partial charge in [-0.25, -0.2) is 8.42 Å². The molecule has 0 saturated heterocycles. The van der Waals surface area contributed by atoms with Gasteiger partial charge in [-0.15, -0.1) is 0 Å². The first-order valence-corrected chi connectivity index (χ1v) is 6.89. The molecule has 6 heteroatoms. The Hall–Kier alpha value is -0.780. The standard InChI is InChI=1S/C10H15ClN2O2S/c1-8-4-3-5-9(11)10(8)13-16(14,15)7-6-12-2/h3-5,12-13H,6-7H2,1-2H3. The molecule has 1 rings (SSSR count). The maximum absolute atomic E-state index is 11.7. The van der Waals surface area contributed by atoms with Crippen molar-refractivity contribution in [2.24, 2.45) is 0 Å². The third-order valence-corrected chi connectivity index (χ3v) is 3.67. The molecule has 0 saturated carbocycles. The molecule has 0 amide bonds. The maximum atomic E-state index is 11.7. The predicted molar refractivity (Wildman–Crippen MR) is 67.5 cm³/mol. The van der Waals surface area contributed by atoms with Crippen LogP contribution in [0.4, 0.5) is 5.69 Å². The Labute approximate surface area is 101 Å². The number of rotatable bonds is 5. The van der Waals surface area contributed by atoms with E-state index in [2.05, 4.69) is 10.0 Å². The minimum Gasteiger partial charge on any atom is -0.319 e. The zero-order valence-corrected chi connectivity index (χ0v) is 10.8. The number of hydrogen-bond donors (Lipinski definition) is 2. The van der Waals surface area contributed by atoms with Crippen LogP contribution in [-0.4, -0.2) is 27.8 Å². The Morgan fingerprint density at radius 3 is 2.62 bits per heavy atom. The summed E-state index contributed by atoms with van der Waals surface area (Å²) in [6.45, 7) is 2.21. The molecule has 0 atom stereocenters. The number of benzene rings is 1. The topological polar surface area (TPSA) is 58.2 Å². The Balaban J connectivity index is 2.88. The van der Waals surface area contributed by atoms with Gasteiger partial charge in [0, 0.05) is 6.54 Å². The van der Waals surface area contributed by atoms with E-state index in [1.165, 1.54) is 0 Å². The summed E-state index contributed by atoms with van der Waals surface area (Å²) >= 11 is 5.93. The Kier molecular flexibility index (Phi) is 4.58. The van der Waals surface area contributed by atoms with Gasteiger partial charge >= 0.3 is 0 Å². The molecule has 1 aromatic carbocycles. The molecule has 0 radical (unpaired) electrons. The van der Waals surface area contributed by atoms with E-state index < -0.39 is 10.0 Å². The van der Waals surface area contributed by atoms with Gasteiger partial charge in [-0.2, -0.15) is 0 Å². The van der Waals surface area contributed by atoms with Crippen LogP contribution in [0, 0.1) is 6.92 Å². The molecule has 90 valence electrons. The zero-order chi connectivity index (χ0) is 12.2. The molecule has 0 aliphatic heterocycles. The van der Waals surface area contributed by atoms with E-state index in [1.807, 2.05) is 13.0 Å². The van der Waals surface area contributed by atoms with Crippen LogP contribution < -0.4 is 10.0 Å². The molecule has 16 heavy (non-hydrogen) atoms. The molecule has 4 nitrogen and oxygen atoms in total. The van der Waals surface area contributed by atoms with E-state index in [0.717, 1.165) is 5.56 Å². The molecule has 0 bridgehead atoms. The van der Waals surface area contributed by atoms with Gasteiger partial charge in [0.25, 0.3) is 0 Å². The molecule has 0 aromatic heterocycles. The number of nitrogens with one attached hydrogen (secondary N) is 2. The minimum atomic E-state index is -3.34. The second kappa shape index (κ2) is 5.52. The van der Waals surface area contributed by atoms with Crippen LogP contribution in [0.5, 0.6) is 0 Å². The van der Waals surface area contributed by atoms with Gasteiger partial charge in [0.1, 0.15) is 0 Å². The predicted octanol–water partition coefficient (Wildman–Crippen LogP) is 1.61. The van der Waals surface area contributed by atoms with Gasteiger partial charge in [0.2, 0.25) is 10.0 Å². The van der Waals surface area contributed by atoms with Crippen LogP contribution in [0.2, 0.25) is 5.02 Å². The highest BCUT2D eigenvalue weighted by molar-refractivity contribution is 7.92. The fourth-order valence-corrected chi connectivity index (χ4v) is 2.69. The summed E-state index contributed by atoms with van der Waals surface area (Å²) in [5, 5.41) is 3.20. The summed E-state index contributed by atoms with van der Waals surface area (Å²) in [7, 11) is -1.63. The second-order valence-electron chi connectivity index (χ2n) is 3.46. The molecule has 2 N–H and O–H groups in total. The quantitative estimate of drug-likeness (QED) is 0.848. The van der Waals surface area contributed by atoms with Crippen molar-refractivity contribution < 1.29 is 8.42 Å². The van der Waals surface area contributed by atoms with Crippen LogP contribution in [0.1, 0.15) is 5.56 Å². The van der Waals surface area contributed by atoms with Crippen molar-refractivity contribution in [2.75, 3.05) is 24.1 Å². The van der Waals surface area contributed by atoms with E-state index in [0.29, 0.717) is 17.3 Å². The molecule has 0 heterocycles. The average Bonchev–Trinajstić information content (AvgIpc) is 2.21. The SMILES string of the molecule is CNCCS(=O)(=O)Nc1c(C)cccc1Cl. The highest BCUT2D eigenvalue weighted by Crippen LogP contribution is 2.26. The third-order valence-electron chi connectivity index (χ3n) is 2.10. The van der Waals surface area contributed by atoms with Crippen molar-refractivity contribution in [1.82, 2.24) is 5.32 Å². The number of para-hydroxylation sites is 1. The summed E-state index contributed by atoms with van der Waals surface area (Å²) in [4.78, 5) is 0. The van der Waals surface area contributed by atoms with Crippen LogP contribution in [0.3, 0.4) is 0 Å². The number of sulfonamides is 1. The van der Waals surface area contributed by atoms with Crippen molar-refractivity contribution >= 4 is 27.3 Å². The van der Waals surface area contributed by atoms with Crippen molar-refractivity contribution in [3.8, 4) is 0 Å². The number of hydrogen-bond acceptors (Lipinski definition) is 3. The number of aryl methyl sites for hydroxylation is 1. The molecule has 0 aliphatic rings. The highest BCUT2D eigenvalue weighted by atomic mass is 35.5. The largest absolute Gasteiger partial charge is 0.319 e. The van der Waals surface area contributed by atoms with Crippen LogP contribution in [-0.2, 0) is 10.0 Å². The highest BCUT2D eigenvalue weighted by Gasteiger charge is 2.13. The summed E-state index contributed by atoms with van der Waals surface area (Å²) in [5.41, 5.74) is 1.26. The van der Waals surface area contributed by atoms with Gasteiger partial charge in [0.05, 0.1) is 16.5 Å². The average molecular weight is 263 g/mol. The lowest BCUT2D eigenvalue weighted by Gasteiger charge is -2.11. The molecule has 0 aliphatic carbocycles. The van der Waals surface area contributed by atoms with Crippen molar-refractivity contribution in [2.45, 2.75) is 6.92 Å². The monoisotopic (exact) mass is 262 g/mol. The summed E-state index contributed by atoms with van der Waals surface area (Å²) in [5.74, 6) is 0.0220. The molecule has 0 fully saturated rings. The van der Waals surface area contributed by atoms with Crippen LogP contribution in [0.25, 0.3) is 0 Å². The lowest BCUT2D eigenvalue weighted by atomic mass is 10.2. The van der Waals surface area contributed by atoms with E-state index in [4.69, 9.17) is 11.6 Å². The second-order valence-corrected chi connectivity index (χ2v) is 5.71. The molecule has 0 unspecified atom stereocenters. The van der Waals surface area contributed by atoms with Crippen molar-refractivity contribution in [3.05, 3.63) is 28.8 Å². The first kappa shape index (κ1) is 13.3. The fraction of sp³-hybridized carbons (Fsp3) is 0.400. The molecular formula is C10H15ClN2O2S. The number of halogens is 1.